The Labute approximate surface area is 123 Å². The average molecular weight is 307 g/mol. The van der Waals surface area contributed by atoms with Crippen LogP contribution >= 0.6 is 0 Å². The summed E-state index contributed by atoms with van der Waals surface area (Å²) in [6.07, 6.45) is 6.88. The van der Waals surface area contributed by atoms with Crippen LogP contribution in [0, 0.1) is 0 Å². The third-order valence-corrected chi connectivity index (χ3v) is 4.65. The first-order chi connectivity index (χ1) is 10.1. The number of hydrogen-bond acceptors (Lipinski definition) is 5. The number of hydrogen-bond donors (Lipinski definition) is 3. The number of nitrogens with one attached hydrogen (secondary N) is 3. The molecule has 0 bridgehead atoms. The van der Waals surface area contributed by atoms with Crippen molar-refractivity contribution >= 4 is 10.0 Å². The molecule has 0 atom stereocenters. The third kappa shape index (κ3) is 3.87. The van der Waals surface area contributed by atoms with E-state index in [4.69, 9.17) is 0 Å². The molecule has 0 spiro atoms. The van der Waals surface area contributed by atoms with Gasteiger partial charge in [-0.25, -0.2) is 23.1 Å². The molecule has 0 aliphatic heterocycles. The lowest BCUT2D eigenvalue weighted by Crippen LogP contribution is -2.23. The van der Waals surface area contributed by atoms with Gasteiger partial charge in [-0.05, 0) is 25.0 Å². The Morgan fingerprint density at radius 2 is 2.19 bits per heavy atom. The number of sulfonamides is 1. The second-order valence-electron chi connectivity index (χ2n) is 5.04. The molecule has 1 aliphatic rings. The maximum Gasteiger partial charge on any atom is 0.242 e. The highest BCUT2D eigenvalue weighted by molar-refractivity contribution is 7.89. The molecule has 2 heterocycles. The van der Waals surface area contributed by atoms with E-state index in [1.165, 1.54) is 25.4 Å². The van der Waals surface area contributed by atoms with E-state index in [-0.39, 0.29) is 11.4 Å². The van der Waals surface area contributed by atoms with Crippen LogP contribution in [0.1, 0.15) is 24.2 Å². The maximum absolute atomic E-state index is 12.2. The number of aromatic amines is 1. The molecule has 0 unspecified atom stereocenters. The zero-order valence-electron chi connectivity index (χ0n) is 11.4. The molecular formula is C13H17N5O2S. The normalized spacial score (nSPS) is 15.2. The standard InChI is InChI=1S/C13H17N5O2S/c19-21(20,18-7-11-3-4-14-9-17-11)13-5-12(16-8-13)6-15-10-1-2-10/h3-5,8-10,15-16,18H,1-2,6-7H2. The summed E-state index contributed by atoms with van der Waals surface area (Å²) in [7, 11) is -3.53. The van der Waals surface area contributed by atoms with Crippen LogP contribution in [-0.2, 0) is 23.1 Å². The van der Waals surface area contributed by atoms with Crippen LogP contribution in [0.4, 0.5) is 0 Å². The van der Waals surface area contributed by atoms with E-state index >= 15 is 0 Å². The number of H-pyrrole nitrogens is 1. The van der Waals surface area contributed by atoms with Crippen molar-refractivity contribution in [2.24, 2.45) is 0 Å². The van der Waals surface area contributed by atoms with E-state index in [0.29, 0.717) is 18.3 Å². The van der Waals surface area contributed by atoms with Gasteiger partial charge < -0.3 is 10.3 Å². The van der Waals surface area contributed by atoms with Crippen LogP contribution < -0.4 is 10.0 Å². The van der Waals surface area contributed by atoms with Gasteiger partial charge in [-0.1, -0.05) is 0 Å². The molecule has 0 saturated heterocycles. The largest absolute Gasteiger partial charge is 0.363 e. The molecule has 2 aromatic rings. The summed E-state index contributed by atoms with van der Waals surface area (Å²) < 4.78 is 26.9. The molecule has 7 nitrogen and oxygen atoms in total. The minimum atomic E-state index is -3.53. The Hall–Kier alpha value is -1.77. The Balaban J connectivity index is 1.61. The van der Waals surface area contributed by atoms with E-state index in [1.807, 2.05) is 0 Å². The van der Waals surface area contributed by atoms with Crippen molar-refractivity contribution in [3.05, 3.63) is 42.2 Å². The van der Waals surface area contributed by atoms with Crippen LogP contribution in [-0.4, -0.2) is 29.4 Å². The van der Waals surface area contributed by atoms with Gasteiger partial charge in [-0.15, -0.1) is 0 Å². The monoisotopic (exact) mass is 307 g/mol. The predicted octanol–water partition coefficient (Wildman–Crippen LogP) is 0.535. The minimum Gasteiger partial charge on any atom is -0.363 e. The molecule has 21 heavy (non-hydrogen) atoms. The summed E-state index contributed by atoms with van der Waals surface area (Å²) >= 11 is 0. The fraction of sp³-hybridized carbons (Fsp3) is 0.385. The van der Waals surface area contributed by atoms with E-state index < -0.39 is 10.0 Å². The molecular weight excluding hydrogens is 290 g/mol. The summed E-state index contributed by atoms with van der Waals surface area (Å²) in [6.45, 7) is 0.803. The van der Waals surface area contributed by atoms with Gasteiger partial charge in [0.25, 0.3) is 0 Å². The summed E-state index contributed by atoms with van der Waals surface area (Å²) in [5, 5.41) is 3.33. The topological polar surface area (TPSA) is 99.8 Å². The van der Waals surface area contributed by atoms with Gasteiger partial charge in [0.05, 0.1) is 17.1 Å². The molecule has 3 N–H and O–H groups in total. The zero-order chi connectivity index (χ0) is 14.7. The van der Waals surface area contributed by atoms with Gasteiger partial charge in [0.2, 0.25) is 10.0 Å². The molecule has 1 aliphatic carbocycles. The smallest absolute Gasteiger partial charge is 0.242 e. The first-order valence-corrected chi connectivity index (χ1v) is 8.27. The summed E-state index contributed by atoms with van der Waals surface area (Å²) in [5.41, 5.74) is 1.49. The van der Waals surface area contributed by atoms with Crippen molar-refractivity contribution in [2.45, 2.75) is 36.9 Å². The maximum atomic E-state index is 12.2. The molecule has 0 amide bonds. The summed E-state index contributed by atoms with van der Waals surface area (Å²) in [6, 6.07) is 3.91. The van der Waals surface area contributed by atoms with Crippen molar-refractivity contribution in [3.63, 3.8) is 0 Å². The van der Waals surface area contributed by atoms with Gasteiger partial charge >= 0.3 is 0 Å². The van der Waals surface area contributed by atoms with Crippen molar-refractivity contribution in [1.82, 2.24) is 25.0 Å². The highest BCUT2D eigenvalue weighted by Gasteiger charge is 2.21. The fourth-order valence-corrected chi connectivity index (χ4v) is 2.91. The molecule has 8 heteroatoms. The van der Waals surface area contributed by atoms with Crippen molar-refractivity contribution in [3.8, 4) is 0 Å². The molecule has 1 fully saturated rings. The van der Waals surface area contributed by atoms with Crippen LogP contribution in [0.2, 0.25) is 0 Å². The first-order valence-electron chi connectivity index (χ1n) is 6.79. The quantitative estimate of drug-likeness (QED) is 0.693. The molecule has 112 valence electrons. The van der Waals surface area contributed by atoms with E-state index in [9.17, 15) is 8.42 Å². The Bertz CT molecular complexity index is 694. The number of nitrogens with zero attached hydrogens (tertiary/aromatic N) is 2. The van der Waals surface area contributed by atoms with E-state index in [2.05, 4.69) is 25.0 Å². The van der Waals surface area contributed by atoms with Crippen molar-refractivity contribution < 1.29 is 8.42 Å². The molecule has 2 aromatic heterocycles. The highest BCUT2D eigenvalue weighted by Crippen LogP contribution is 2.19. The second kappa shape index (κ2) is 5.92. The van der Waals surface area contributed by atoms with Crippen LogP contribution in [0.15, 0.2) is 35.7 Å². The van der Waals surface area contributed by atoms with E-state index in [1.54, 1.807) is 18.3 Å². The van der Waals surface area contributed by atoms with Crippen LogP contribution in [0.5, 0.6) is 0 Å². The molecule has 0 radical (unpaired) electrons. The van der Waals surface area contributed by atoms with E-state index in [0.717, 1.165) is 5.69 Å². The predicted molar refractivity (Wildman–Crippen MR) is 76.7 cm³/mol. The minimum absolute atomic E-state index is 0.145. The van der Waals surface area contributed by atoms with Gasteiger partial charge in [0.15, 0.2) is 0 Å². The number of rotatable bonds is 7. The fourth-order valence-electron chi connectivity index (χ4n) is 1.89. The lowest BCUT2D eigenvalue weighted by atomic mass is 10.4. The lowest BCUT2D eigenvalue weighted by Gasteiger charge is -2.04. The second-order valence-corrected chi connectivity index (χ2v) is 6.81. The molecule has 3 rings (SSSR count). The SMILES string of the molecule is O=S(=O)(NCc1ccncn1)c1c[nH]c(CNC2CC2)c1. The average Bonchev–Trinajstić information content (AvgIpc) is 3.20. The summed E-state index contributed by atoms with van der Waals surface area (Å²) in [4.78, 5) is 11.0. The van der Waals surface area contributed by atoms with Gasteiger partial charge in [0.1, 0.15) is 6.33 Å². The molecule has 1 saturated carbocycles. The van der Waals surface area contributed by atoms with Crippen LogP contribution in [0.25, 0.3) is 0 Å². The van der Waals surface area contributed by atoms with Crippen molar-refractivity contribution in [2.75, 3.05) is 0 Å². The Kier molecular flexibility index (Phi) is 4.00. The van der Waals surface area contributed by atoms with Gasteiger partial charge in [0, 0.05) is 30.7 Å². The van der Waals surface area contributed by atoms with Crippen molar-refractivity contribution in [1.29, 1.82) is 0 Å². The first kappa shape index (κ1) is 14.2. The van der Waals surface area contributed by atoms with Gasteiger partial charge in [-0.3, -0.25) is 0 Å². The number of aromatic nitrogens is 3. The molecule has 0 aromatic carbocycles. The highest BCUT2D eigenvalue weighted by atomic mass is 32.2. The third-order valence-electron chi connectivity index (χ3n) is 3.27. The zero-order valence-corrected chi connectivity index (χ0v) is 12.2. The summed E-state index contributed by atoms with van der Waals surface area (Å²) in [5.74, 6) is 0. The van der Waals surface area contributed by atoms with Gasteiger partial charge in [-0.2, -0.15) is 0 Å². The Morgan fingerprint density at radius 1 is 1.33 bits per heavy atom. The lowest BCUT2D eigenvalue weighted by molar-refractivity contribution is 0.580. The Morgan fingerprint density at radius 3 is 2.90 bits per heavy atom. The van der Waals surface area contributed by atoms with Crippen LogP contribution in [0.3, 0.4) is 0 Å².